The molecule has 0 aliphatic carbocycles. The van der Waals surface area contributed by atoms with Crippen LogP contribution in [0.4, 0.5) is 8.78 Å². The van der Waals surface area contributed by atoms with Crippen molar-refractivity contribution in [2.75, 3.05) is 20.3 Å². The Morgan fingerprint density at radius 1 is 1.30 bits per heavy atom. The molecule has 1 saturated heterocycles. The van der Waals surface area contributed by atoms with Crippen LogP contribution in [0.3, 0.4) is 0 Å². The van der Waals surface area contributed by atoms with Crippen molar-refractivity contribution in [3.8, 4) is 0 Å². The monoisotopic (exact) mass is 478 g/mol. The summed E-state index contributed by atoms with van der Waals surface area (Å²) in [5.74, 6) is -0.920. The van der Waals surface area contributed by atoms with Gasteiger partial charge in [-0.25, -0.2) is 18.6 Å². The molecule has 3 aromatic rings. The lowest BCUT2D eigenvalue weighted by atomic mass is 9.87. The summed E-state index contributed by atoms with van der Waals surface area (Å²) >= 11 is 3.01. The molecule has 1 fully saturated rings. The molecule has 1 aliphatic heterocycles. The fourth-order valence-electron chi connectivity index (χ4n) is 3.91. The van der Waals surface area contributed by atoms with Crippen molar-refractivity contribution >= 4 is 32.9 Å². The van der Waals surface area contributed by atoms with Crippen LogP contribution in [0.2, 0.25) is 0 Å². The van der Waals surface area contributed by atoms with E-state index in [0.717, 1.165) is 11.6 Å². The van der Waals surface area contributed by atoms with E-state index in [9.17, 15) is 13.6 Å². The van der Waals surface area contributed by atoms with E-state index in [1.165, 1.54) is 13.2 Å². The molecule has 0 spiro atoms. The number of fused-ring (bicyclic) bond motifs is 1. The Morgan fingerprint density at radius 2 is 2.07 bits per heavy atom. The topological polar surface area (TPSA) is 53.3 Å². The normalized spacial score (nSPS) is 18.1. The Kier molecular flexibility index (Phi) is 5.40. The van der Waals surface area contributed by atoms with E-state index >= 15 is 0 Å². The zero-order chi connectivity index (χ0) is 21.6. The first kappa shape index (κ1) is 20.9. The van der Waals surface area contributed by atoms with E-state index in [1.807, 2.05) is 4.57 Å². The number of nitrogens with zero attached hydrogens (tertiary/aromatic N) is 2. The molecule has 1 aliphatic rings. The average molecular weight is 479 g/mol. The summed E-state index contributed by atoms with van der Waals surface area (Å²) in [5.41, 5.74) is 1.80. The number of methoxy groups -OCH3 is 1. The van der Waals surface area contributed by atoms with Crippen LogP contribution < -0.4 is 0 Å². The van der Waals surface area contributed by atoms with Gasteiger partial charge in [0.2, 0.25) is 0 Å². The van der Waals surface area contributed by atoms with Gasteiger partial charge in [0, 0.05) is 11.8 Å². The lowest BCUT2D eigenvalue weighted by molar-refractivity contribution is 0.0601. The van der Waals surface area contributed by atoms with Gasteiger partial charge in [0.05, 0.1) is 47.4 Å². The Balaban J connectivity index is 1.89. The van der Waals surface area contributed by atoms with Crippen molar-refractivity contribution in [1.29, 1.82) is 0 Å². The number of carbonyl (C=O) groups excluding carboxylic acids is 1. The third kappa shape index (κ3) is 3.63. The third-order valence-corrected chi connectivity index (χ3v) is 6.19. The lowest BCUT2D eigenvalue weighted by Crippen LogP contribution is -2.27. The first-order valence-electron chi connectivity index (χ1n) is 9.51. The highest BCUT2D eigenvalue weighted by molar-refractivity contribution is 9.10. The maximum Gasteiger partial charge on any atom is 0.337 e. The fourth-order valence-corrected chi connectivity index (χ4v) is 4.22. The molecule has 8 heteroatoms. The number of imidazole rings is 1. The van der Waals surface area contributed by atoms with E-state index in [2.05, 4.69) is 29.8 Å². The van der Waals surface area contributed by atoms with E-state index < -0.39 is 17.6 Å². The van der Waals surface area contributed by atoms with Crippen molar-refractivity contribution in [2.24, 2.45) is 5.41 Å². The summed E-state index contributed by atoms with van der Waals surface area (Å²) in [6, 6.07) is 7.34. The highest BCUT2D eigenvalue weighted by atomic mass is 79.9. The molecule has 5 nitrogen and oxygen atoms in total. The number of carbonyl (C=O) groups is 1. The van der Waals surface area contributed by atoms with Crippen LogP contribution in [0.25, 0.3) is 11.0 Å². The number of rotatable bonds is 4. The van der Waals surface area contributed by atoms with Crippen molar-refractivity contribution in [1.82, 2.24) is 9.55 Å². The Labute approximate surface area is 181 Å². The van der Waals surface area contributed by atoms with Gasteiger partial charge in [-0.3, -0.25) is 0 Å². The van der Waals surface area contributed by atoms with Crippen LogP contribution in [0.5, 0.6) is 0 Å². The Hall–Kier alpha value is -2.32. The first-order valence-corrected chi connectivity index (χ1v) is 10.3. The van der Waals surface area contributed by atoms with Gasteiger partial charge in [-0.2, -0.15) is 0 Å². The quantitative estimate of drug-likeness (QED) is 0.388. The largest absolute Gasteiger partial charge is 0.465 e. The zero-order valence-electron chi connectivity index (χ0n) is 16.8. The molecule has 0 N–H and O–H groups in total. The molecule has 0 radical (unpaired) electrons. The minimum absolute atomic E-state index is 0.0744. The van der Waals surface area contributed by atoms with Crippen LogP contribution in [0, 0.1) is 17.0 Å². The molecule has 30 heavy (non-hydrogen) atoms. The standard InChI is InChI=1S/C22H21BrF2N2O3/c1-22(2)11-30-10-19(22)27-18-7-12(21(28)29-3)4-5-17(18)26-20(27)8-13-6-16(25)14(23)9-15(13)24/h4-7,9,19H,8,10-11H2,1-3H3. The molecule has 1 aromatic heterocycles. The second kappa shape index (κ2) is 7.74. The molecule has 0 saturated carbocycles. The van der Waals surface area contributed by atoms with Crippen LogP contribution in [-0.4, -0.2) is 35.8 Å². The molecular weight excluding hydrogens is 458 g/mol. The summed E-state index contributed by atoms with van der Waals surface area (Å²) in [7, 11) is 1.33. The highest BCUT2D eigenvalue weighted by Crippen LogP contribution is 2.40. The predicted octanol–water partition coefficient (Wildman–Crippen LogP) is 5.05. The molecular formula is C22H21BrF2N2O3. The van der Waals surface area contributed by atoms with Gasteiger partial charge in [-0.15, -0.1) is 0 Å². The van der Waals surface area contributed by atoms with Crippen LogP contribution in [0.1, 0.15) is 41.6 Å². The number of aromatic nitrogens is 2. The SMILES string of the molecule is COC(=O)c1ccc2nc(Cc3cc(F)c(Br)cc3F)n(C3COCC3(C)C)c2c1. The number of hydrogen-bond donors (Lipinski definition) is 0. The molecule has 1 unspecified atom stereocenters. The van der Waals surface area contributed by atoms with E-state index in [4.69, 9.17) is 14.5 Å². The minimum atomic E-state index is -0.536. The lowest BCUT2D eigenvalue weighted by Gasteiger charge is -2.28. The second-order valence-corrected chi connectivity index (χ2v) is 9.00. The van der Waals surface area contributed by atoms with Crippen molar-refractivity contribution in [3.05, 3.63) is 63.4 Å². The molecule has 0 amide bonds. The summed E-state index contributed by atoms with van der Waals surface area (Å²) in [4.78, 5) is 16.7. The number of hydrogen-bond acceptors (Lipinski definition) is 4. The third-order valence-electron chi connectivity index (χ3n) is 5.59. The molecule has 4 rings (SSSR count). The second-order valence-electron chi connectivity index (χ2n) is 8.15. The summed E-state index contributed by atoms with van der Waals surface area (Å²) in [6.45, 7) is 5.20. The van der Waals surface area contributed by atoms with Gasteiger partial charge < -0.3 is 14.0 Å². The van der Waals surface area contributed by atoms with Gasteiger partial charge in [0.1, 0.15) is 17.5 Å². The van der Waals surface area contributed by atoms with E-state index in [-0.39, 0.29) is 27.9 Å². The predicted molar refractivity (Wildman–Crippen MR) is 112 cm³/mol. The first-order chi connectivity index (χ1) is 14.2. The number of esters is 1. The zero-order valence-corrected chi connectivity index (χ0v) is 18.4. The summed E-state index contributed by atoms with van der Waals surface area (Å²) in [5, 5.41) is 0. The van der Waals surface area contributed by atoms with Crippen LogP contribution in [-0.2, 0) is 15.9 Å². The van der Waals surface area contributed by atoms with Crippen molar-refractivity contribution in [2.45, 2.75) is 26.3 Å². The molecule has 2 aromatic carbocycles. The summed E-state index contributed by atoms with van der Waals surface area (Å²) in [6.07, 6.45) is 0.102. The van der Waals surface area contributed by atoms with Crippen LogP contribution in [0.15, 0.2) is 34.8 Å². The van der Waals surface area contributed by atoms with Crippen molar-refractivity contribution < 1.29 is 23.0 Å². The van der Waals surface area contributed by atoms with Gasteiger partial charge in [0.25, 0.3) is 0 Å². The highest BCUT2D eigenvalue weighted by Gasteiger charge is 2.39. The van der Waals surface area contributed by atoms with Gasteiger partial charge in [0.15, 0.2) is 0 Å². The number of benzene rings is 2. The maximum absolute atomic E-state index is 14.5. The van der Waals surface area contributed by atoms with E-state index in [1.54, 1.807) is 18.2 Å². The Bertz CT molecular complexity index is 1140. The number of halogens is 3. The smallest absolute Gasteiger partial charge is 0.337 e. The van der Waals surface area contributed by atoms with Gasteiger partial charge >= 0.3 is 5.97 Å². The molecule has 158 valence electrons. The summed E-state index contributed by atoms with van der Waals surface area (Å²) < 4.78 is 41.2. The van der Waals surface area contributed by atoms with E-state index in [0.29, 0.717) is 30.1 Å². The van der Waals surface area contributed by atoms with Gasteiger partial charge in [-0.05, 0) is 51.8 Å². The fraction of sp³-hybridized carbons (Fsp3) is 0.364. The molecule has 0 bridgehead atoms. The minimum Gasteiger partial charge on any atom is -0.465 e. The van der Waals surface area contributed by atoms with Crippen molar-refractivity contribution in [3.63, 3.8) is 0 Å². The number of ether oxygens (including phenoxy) is 2. The Morgan fingerprint density at radius 3 is 2.73 bits per heavy atom. The van der Waals surface area contributed by atoms with Crippen LogP contribution >= 0.6 is 15.9 Å². The molecule has 1 atom stereocenters. The molecule has 2 heterocycles. The average Bonchev–Trinajstić information content (AvgIpc) is 3.22. The maximum atomic E-state index is 14.5. The van der Waals surface area contributed by atoms with Gasteiger partial charge in [-0.1, -0.05) is 13.8 Å².